The van der Waals surface area contributed by atoms with Crippen molar-refractivity contribution in [3.05, 3.63) is 35.5 Å². The van der Waals surface area contributed by atoms with E-state index >= 15 is 0 Å². The first kappa shape index (κ1) is 23.0. The Morgan fingerprint density at radius 1 is 1.32 bits per heavy atom. The zero-order valence-corrected chi connectivity index (χ0v) is 19.6. The number of aromatic nitrogens is 1. The molecule has 0 unspecified atom stereocenters. The van der Waals surface area contributed by atoms with Gasteiger partial charge in [-0.2, -0.15) is 0 Å². The number of aryl methyl sites for hydroxylation is 1. The van der Waals surface area contributed by atoms with E-state index in [0.717, 1.165) is 31.0 Å². The highest BCUT2D eigenvalue weighted by molar-refractivity contribution is 14.0. The Morgan fingerprint density at radius 3 is 2.86 bits per heavy atom. The first-order chi connectivity index (χ1) is 13.0. The van der Waals surface area contributed by atoms with Crippen molar-refractivity contribution in [3.8, 4) is 0 Å². The number of fused-ring (bicyclic) bond motifs is 1. The Kier molecular flexibility index (Phi) is 8.56. The Balaban J connectivity index is 0.00000280. The lowest BCUT2D eigenvalue weighted by atomic mass is 10.1. The summed E-state index contributed by atoms with van der Waals surface area (Å²) in [7, 11) is -3.05. The number of benzene rings is 1. The standard InChI is InChI=1S/C19H29N5O2S.HI/c1-3-20-19(22-9-11-24-10-4-12-27(24,25)26)21-8-7-16-14-23-18-13-15(2)5-6-17(16)18;/h5-6,13-14,23H,3-4,7-12H2,1-2H3,(H2,20,21,22);1H. The van der Waals surface area contributed by atoms with Crippen LogP contribution >= 0.6 is 24.0 Å². The summed E-state index contributed by atoms with van der Waals surface area (Å²) >= 11 is 0. The van der Waals surface area contributed by atoms with E-state index in [1.165, 1.54) is 20.8 Å². The summed E-state index contributed by atoms with van der Waals surface area (Å²) in [6, 6.07) is 6.45. The van der Waals surface area contributed by atoms with Gasteiger partial charge >= 0.3 is 0 Å². The average Bonchev–Trinajstić information content (AvgIpc) is 3.17. The molecule has 1 saturated heterocycles. The molecule has 156 valence electrons. The number of hydrogen-bond donors (Lipinski definition) is 3. The van der Waals surface area contributed by atoms with E-state index in [2.05, 4.69) is 51.9 Å². The second kappa shape index (κ2) is 10.4. The van der Waals surface area contributed by atoms with Gasteiger partial charge in [0.2, 0.25) is 10.0 Å². The van der Waals surface area contributed by atoms with Crippen LogP contribution in [-0.4, -0.2) is 62.1 Å². The molecule has 1 aromatic carbocycles. The Hall–Kier alpha value is -1.33. The summed E-state index contributed by atoms with van der Waals surface area (Å²) < 4.78 is 25.2. The fourth-order valence-corrected chi connectivity index (χ4v) is 4.90. The normalized spacial score (nSPS) is 16.9. The highest BCUT2D eigenvalue weighted by Crippen LogP contribution is 2.19. The third kappa shape index (κ3) is 5.84. The second-order valence-electron chi connectivity index (χ2n) is 6.87. The molecule has 0 saturated carbocycles. The van der Waals surface area contributed by atoms with Crippen molar-refractivity contribution in [2.45, 2.75) is 26.7 Å². The van der Waals surface area contributed by atoms with Gasteiger partial charge < -0.3 is 15.6 Å². The molecule has 3 N–H and O–H groups in total. The highest BCUT2D eigenvalue weighted by atomic mass is 127. The van der Waals surface area contributed by atoms with E-state index in [1.54, 1.807) is 0 Å². The van der Waals surface area contributed by atoms with Gasteiger partial charge in [0.25, 0.3) is 0 Å². The van der Waals surface area contributed by atoms with E-state index < -0.39 is 10.0 Å². The van der Waals surface area contributed by atoms with Crippen LogP contribution in [0.4, 0.5) is 0 Å². The van der Waals surface area contributed by atoms with Crippen LogP contribution in [0.25, 0.3) is 10.9 Å². The van der Waals surface area contributed by atoms with Gasteiger partial charge in [-0.1, -0.05) is 12.1 Å². The number of guanidine groups is 1. The minimum atomic E-state index is -3.05. The third-order valence-electron chi connectivity index (χ3n) is 4.78. The molecule has 0 atom stereocenters. The number of nitrogens with one attached hydrogen (secondary N) is 3. The first-order valence-corrected chi connectivity index (χ1v) is 11.2. The van der Waals surface area contributed by atoms with Gasteiger partial charge in [-0.05, 0) is 43.9 Å². The molecule has 1 aliphatic rings. The SMILES string of the molecule is CCNC(=NCCN1CCCS1(=O)=O)NCCc1c[nH]c2cc(C)ccc12.I. The Morgan fingerprint density at radius 2 is 2.14 bits per heavy atom. The largest absolute Gasteiger partial charge is 0.361 e. The minimum absolute atomic E-state index is 0. The molecule has 0 spiro atoms. The predicted octanol–water partition coefficient (Wildman–Crippen LogP) is 2.23. The van der Waals surface area contributed by atoms with Crippen LogP contribution in [0.15, 0.2) is 29.4 Å². The zero-order valence-electron chi connectivity index (χ0n) is 16.5. The molecule has 0 radical (unpaired) electrons. The molecule has 1 aromatic heterocycles. The lowest BCUT2D eigenvalue weighted by Crippen LogP contribution is -2.39. The van der Waals surface area contributed by atoms with E-state index in [-0.39, 0.29) is 29.7 Å². The molecule has 0 bridgehead atoms. The summed E-state index contributed by atoms with van der Waals surface area (Å²) in [5.41, 5.74) is 3.68. The van der Waals surface area contributed by atoms with E-state index in [0.29, 0.717) is 26.1 Å². The van der Waals surface area contributed by atoms with Crippen molar-refractivity contribution >= 4 is 50.9 Å². The predicted molar refractivity (Wildman–Crippen MR) is 126 cm³/mol. The monoisotopic (exact) mass is 519 g/mol. The summed E-state index contributed by atoms with van der Waals surface area (Å²) in [5, 5.41) is 7.81. The van der Waals surface area contributed by atoms with E-state index in [1.807, 2.05) is 6.92 Å². The average molecular weight is 519 g/mol. The molecular weight excluding hydrogens is 489 g/mol. The highest BCUT2D eigenvalue weighted by Gasteiger charge is 2.27. The minimum Gasteiger partial charge on any atom is -0.361 e. The van der Waals surface area contributed by atoms with Gasteiger partial charge in [0.05, 0.1) is 12.3 Å². The van der Waals surface area contributed by atoms with Crippen LogP contribution in [0.1, 0.15) is 24.5 Å². The van der Waals surface area contributed by atoms with Crippen molar-refractivity contribution in [2.75, 3.05) is 38.5 Å². The van der Waals surface area contributed by atoms with Crippen LogP contribution in [0.3, 0.4) is 0 Å². The number of H-pyrrole nitrogens is 1. The zero-order chi connectivity index (χ0) is 19.3. The summed E-state index contributed by atoms with van der Waals surface area (Å²) in [6.45, 7) is 7.15. The van der Waals surface area contributed by atoms with Gasteiger partial charge in [-0.25, -0.2) is 12.7 Å². The second-order valence-corrected chi connectivity index (χ2v) is 8.96. The van der Waals surface area contributed by atoms with Gasteiger partial charge in [0.15, 0.2) is 5.96 Å². The van der Waals surface area contributed by atoms with Crippen molar-refractivity contribution in [1.82, 2.24) is 19.9 Å². The van der Waals surface area contributed by atoms with Crippen LogP contribution in [-0.2, 0) is 16.4 Å². The molecule has 28 heavy (non-hydrogen) atoms. The molecule has 9 heteroatoms. The van der Waals surface area contributed by atoms with Crippen LogP contribution in [0, 0.1) is 6.92 Å². The van der Waals surface area contributed by atoms with Gasteiger partial charge in [-0.15, -0.1) is 24.0 Å². The fourth-order valence-electron chi connectivity index (χ4n) is 3.38. The van der Waals surface area contributed by atoms with Crippen LogP contribution < -0.4 is 10.6 Å². The van der Waals surface area contributed by atoms with Crippen molar-refractivity contribution in [1.29, 1.82) is 0 Å². The van der Waals surface area contributed by atoms with Crippen molar-refractivity contribution < 1.29 is 8.42 Å². The Labute approximate surface area is 184 Å². The third-order valence-corrected chi connectivity index (χ3v) is 6.73. The summed E-state index contributed by atoms with van der Waals surface area (Å²) in [5.74, 6) is 0.990. The maximum Gasteiger partial charge on any atom is 0.214 e. The van der Waals surface area contributed by atoms with Gasteiger partial charge in [-0.3, -0.25) is 4.99 Å². The molecule has 7 nitrogen and oxygen atoms in total. The molecular formula is C19H30IN5O2S. The first-order valence-electron chi connectivity index (χ1n) is 9.56. The number of aliphatic imine (C=N–C) groups is 1. The topological polar surface area (TPSA) is 89.6 Å². The molecule has 2 heterocycles. The van der Waals surface area contributed by atoms with Crippen LogP contribution in [0.2, 0.25) is 0 Å². The lowest BCUT2D eigenvalue weighted by molar-refractivity contribution is 0.452. The van der Waals surface area contributed by atoms with Crippen LogP contribution in [0.5, 0.6) is 0 Å². The smallest absolute Gasteiger partial charge is 0.214 e. The summed E-state index contributed by atoms with van der Waals surface area (Å²) in [4.78, 5) is 7.85. The quantitative estimate of drug-likeness (QED) is 0.298. The van der Waals surface area contributed by atoms with Gasteiger partial charge in [0.1, 0.15) is 0 Å². The molecule has 3 rings (SSSR count). The molecule has 0 amide bonds. The number of aromatic amines is 1. The maximum atomic E-state index is 11.8. The van der Waals surface area contributed by atoms with Crippen molar-refractivity contribution in [3.63, 3.8) is 0 Å². The number of halogens is 1. The fraction of sp³-hybridized carbons (Fsp3) is 0.526. The molecule has 0 aliphatic carbocycles. The maximum absolute atomic E-state index is 11.8. The number of rotatable bonds is 7. The molecule has 2 aromatic rings. The van der Waals surface area contributed by atoms with Gasteiger partial charge in [0, 0.05) is 43.3 Å². The lowest BCUT2D eigenvalue weighted by Gasteiger charge is -2.14. The van der Waals surface area contributed by atoms with Crippen molar-refractivity contribution in [2.24, 2.45) is 4.99 Å². The molecule has 1 aliphatic heterocycles. The molecule has 1 fully saturated rings. The number of nitrogens with zero attached hydrogens (tertiary/aromatic N) is 2. The summed E-state index contributed by atoms with van der Waals surface area (Å²) in [6.07, 6.45) is 3.66. The van der Waals surface area contributed by atoms with E-state index in [4.69, 9.17) is 0 Å². The number of sulfonamides is 1. The number of hydrogen-bond acceptors (Lipinski definition) is 3. The Bertz CT molecular complexity index is 910. The van der Waals surface area contributed by atoms with E-state index in [9.17, 15) is 8.42 Å².